The number of nitrogens with zero attached hydrogens (tertiary/aromatic N) is 2. The Morgan fingerprint density at radius 3 is 2.76 bits per heavy atom. The Balaban J connectivity index is 1.82. The van der Waals surface area contributed by atoms with Gasteiger partial charge in [0.05, 0.1) is 10.6 Å². The normalized spacial score (nSPS) is 10.4. The Bertz CT molecular complexity index is 974. The lowest BCUT2D eigenvalue weighted by Crippen LogP contribution is -2.12. The summed E-state index contributed by atoms with van der Waals surface area (Å²) < 4.78 is 13.8. The largest absolute Gasteiger partial charge is 0.393 e. The van der Waals surface area contributed by atoms with E-state index in [1.807, 2.05) is 0 Å². The van der Waals surface area contributed by atoms with Gasteiger partial charge in [-0.1, -0.05) is 12.1 Å². The van der Waals surface area contributed by atoms with E-state index < -0.39 is 16.6 Å². The third-order valence-electron chi connectivity index (χ3n) is 3.36. The number of nitrogen functional groups attached to an aromatic ring is 1. The molecule has 2 aromatic carbocycles. The van der Waals surface area contributed by atoms with Crippen molar-refractivity contribution in [3.63, 3.8) is 0 Å². The molecule has 0 aliphatic heterocycles. The maximum Gasteiger partial charge on any atom is 0.292 e. The minimum Gasteiger partial charge on any atom is -0.393 e. The molecule has 0 fully saturated rings. The molecule has 0 spiro atoms. The molecule has 3 N–H and O–H groups in total. The van der Waals surface area contributed by atoms with Crippen molar-refractivity contribution in [3.05, 3.63) is 69.3 Å². The summed E-state index contributed by atoms with van der Waals surface area (Å²) in [5.74, 6) is -0.989. The summed E-state index contributed by atoms with van der Waals surface area (Å²) >= 11 is 1.12. The maximum atomic E-state index is 13.8. The number of carbonyl (C=O) groups is 1. The highest BCUT2D eigenvalue weighted by Crippen LogP contribution is 2.28. The van der Waals surface area contributed by atoms with E-state index in [4.69, 9.17) is 5.73 Å². The first-order valence-electron chi connectivity index (χ1n) is 7.01. The first kappa shape index (κ1) is 16.5. The van der Waals surface area contributed by atoms with Crippen LogP contribution in [0.15, 0.2) is 47.8 Å². The van der Waals surface area contributed by atoms with Crippen LogP contribution in [0, 0.1) is 15.9 Å². The number of carbonyl (C=O) groups excluding carboxylic acids is 1. The zero-order chi connectivity index (χ0) is 18.0. The highest BCUT2D eigenvalue weighted by atomic mass is 32.1. The summed E-state index contributed by atoms with van der Waals surface area (Å²) in [6, 6.07) is 9.92. The van der Waals surface area contributed by atoms with Crippen LogP contribution in [0.2, 0.25) is 0 Å². The fourth-order valence-corrected chi connectivity index (χ4v) is 2.84. The van der Waals surface area contributed by atoms with E-state index in [1.54, 1.807) is 23.6 Å². The Kier molecular flexibility index (Phi) is 4.40. The summed E-state index contributed by atoms with van der Waals surface area (Å²) in [5, 5.41) is 15.3. The molecule has 1 amide bonds. The molecule has 7 nitrogen and oxygen atoms in total. The van der Waals surface area contributed by atoms with Gasteiger partial charge >= 0.3 is 0 Å². The standard InChI is InChI=1S/C16H11FN4O3S/c17-11-4-2-1-3-10(11)13-8-25-16(19-13)20-15(22)9-5-6-12(18)14(7-9)21(23)24/h1-8H,18H2,(H,19,20,22). The van der Waals surface area contributed by atoms with Crippen LogP contribution in [0.25, 0.3) is 11.3 Å². The van der Waals surface area contributed by atoms with Crippen molar-refractivity contribution < 1.29 is 14.1 Å². The molecule has 1 aromatic heterocycles. The summed E-state index contributed by atoms with van der Waals surface area (Å²) in [6.45, 7) is 0. The van der Waals surface area contributed by atoms with Crippen molar-refractivity contribution in [1.82, 2.24) is 4.98 Å². The molecule has 9 heteroatoms. The van der Waals surface area contributed by atoms with E-state index >= 15 is 0 Å². The predicted molar refractivity (Wildman–Crippen MR) is 93.0 cm³/mol. The number of halogens is 1. The lowest BCUT2D eigenvalue weighted by Gasteiger charge is -2.03. The monoisotopic (exact) mass is 358 g/mol. The van der Waals surface area contributed by atoms with Crippen molar-refractivity contribution in [1.29, 1.82) is 0 Å². The van der Waals surface area contributed by atoms with Crippen LogP contribution in [0.3, 0.4) is 0 Å². The number of amides is 1. The number of benzene rings is 2. The Labute approximate surface area is 145 Å². The number of nitro benzene ring substituents is 1. The van der Waals surface area contributed by atoms with Gasteiger partial charge in [-0.2, -0.15) is 0 Å². The SMILES string of the molecule is Nc1ccc(C(=O)Nc2nc(-c3ccccc3F)cs2)cc1[N+](=O)[O-]. The van der Waals surface area contributed by atoms with Crippen LogP contribution in [0.5, 0.6) is 0 Å². The summed E-state index contributed by atoms with van der Waals surface area (Å²) in [7, 11) is 0. The van der Waals surface area contributed by atoms with Crippen molar-refractivity contribution in [2.75, 3.05) is 11.1 Å². The molecule has 0 unspecified atom stereocenters. The highest BCUT2D eigenvalue weighted by Gasteiger charge is 2.17. The number of aromatic nitrogens is 1. The quantitative estimate of drug-likeness (QED) is 0.420. The van der Waals surface area contributed by atoms with Crippen molar-refractivity contribution in [2.45, 2.75) is 0 Å². The van der Waals surface area contributed by atoms with Gasteiger partial charge in [-0.05, 0) is 24.3 Å². The lowest BCUT2D eigenvalue weighted by molar-refractivity contribution is -0.383. The number of thiazole rings is 1. The van der Waals surface area contributed by atoms with Gasteiger partial charge in [0, 0.05) is 22.6 Å². The molecule has 0 aliphatic rings. The molecule has 0 saturated heterocycles. The van der Waals surface area contributed by atoms with Crippen LogP contribution >= 0.6 is 11.3 Å². The van der Waals surface area contributed by atoms with Crippen LogP contribution < -0.4 is 11.1 Å². The molecule has 25 heavy (non-hydrogen) atoms. The minimum atomic E-state index is -0.661. The third kappa shape index (κ3) is 3.45. The average Bonchev–Trinajstić information content (AvgIpc) is 3.03. The van der Waals surface area contributed by atoms with Gasteiger partial charge in [0.1, 0.15) is 11.5 Å². The van der Waals surface area contributed by atoms with Gasteiger partial charge in [-0.25, -0.2) is 9.37 Å². The van der Waals surface area contributed by atoms with Crippen LogP contribution in [0.4, 0.5) is 20.9 Å². The predicted octanol–water partition coefficient (Wildman–Crippen LogP) is 3.69. The smallest absolute Gasteiger partial charge is 0.292 e. The fraction of sp³-hybridized carbons (Fsp3) is 0. The molecule has 0 atom stereocenters. The third-order valence-corrected chi connectivity index (χ3v) is 4.12. The van der Waals surface area contributed by atoms with Gasteiger partial charge in [0.2, 0.25) is 0 Å². The number of nitrogens with two attached hydrogens (primary N) is 1. The summed E-state index contributed by atoms with van der Waals surface area (Å²) in [5.41, 5.74) is 5.91. The summed E-state index contributed by atoms with van der Waals surface area (Å²) in [4.78, 5) is 26.6. The molecule has 0 saturated carbocycles. The van der Waals surface area contributed by atoms with Crippen molar-refractivity contribution in [3.8, 4) is 11.3 Å². The lowest BCUT2D eigenvalue weighted by atomic mass is 10.1. The second kappa shape index (κ2) is 6.65. The number of nitrogens with one attached hydrogen (secondary N) is 1. The van der Waals surface area contributed by atoms with Gasteiger partial charge in [0.25, 0.3) is 11.6 Å². The van der Waals surface area contributed by atoms with Gasteiger partial charge in [-0.3, -0.25) is 20.2 Å². The Morgan fingerprint density at radius 2 is 2.04 bits per heavy atom. The van der Waals surface area contributed by atoms with E-state index in [1.165, 1.54) is 18.2 Å². The van der Waals surface area contributed by atoms with Crippen LogP contribution in [0.1, 0.15) is 10.4 Å². The number of hydrogen-bond donors (Lipinski definition) is 2. The molecule has 3 aromatic rings. The Morgan fingerprint density at radius 1 is 1.28 bits per heavy atom. The number of nitro groups is 1. The number of rotatable bonds is 4. The zero-order valence-electron chi connectivity index (χ0n) is 12.6. The number of anilines is 2. The second-order valence-electron chi connectivity index (χ2n) is 5.00. The van der Waals surface area contributed by atoms with Crippen molar-refractivity contribution in [2.24, 2.45) is 0 Å². The topological polar surface area (TPSA) is 111 Å². The number of hydrogen-bond acceptors (Lipinski definition) is 6. The van der Waals surface area contributed by atoms with Crippen LogP contribution in [-0.4, -0.2) is 15.8 Å². The highest BCUT2D eigenvalue weighted by molar-refractivity contribution is 7.14. The van der Waals surface area contributed by atoms with Crippen LogP contribution in [-0.2, 0) is 0 Å². The average molecular weight is 358 g/mol. The Hall–Kier alpha value is -3.33. The molecular weight excluding hydrogens is 347 g/mol. The zero-order valence-corrected chi connectivity index (χ0v) is 13.4. The first-order valence-corrected chi connectivity index (χ1v) is 7.89. The minimum absolute atomic E-state index is 0.0300. The van der Waals surface area contributed by atoms with Gasteiger partial charge in [0.15, 0.2) is 5.13 Å². The second-order valence-corrected chi connectivity index (χ2v) is 5.86. The molecule has 126 valence electrons. The molecule has 3 rings (SSSR count). The molecule has 1 heterocycles. The van der Waals surface area contributed by atoms with E-state index in [2.05, 4.69) is 10.3 Å². The van der Waals surface area contributed by atoms with Crippen molar-refractivity contribution >= 4 is 33.8 Å². The van der Waals surface area contributed by atoms with Gasteiger partial charge < -0.3 is 5.73 Å². The summed E-state index contributed by atoms with van der Waals surface area (Å²) in [6.07, 6.45) is 0. The van der Waals surface area contributed by atoms with E-state index in [0.29, 0.717) is 11.3 Å². The van der Waals surface area contributed by atoms with E-state index in [-0.39, 0.29) is 22.1 Å². The first-order chi connectivity index (χ1) is 12.0. The molecular formula is C16H11FN4O3S. The maximum absolute atomic E-state index is 13.8. The molecule has 0 bridgehead atoms. The fourth-order valence-electron chi connectivity index (χ4n) is 2.14. The molecule has 0 aliphatic carbocycles. The molecule has 0 radical (unpaired) electrons. The van der Waals surface area contributed by atoms with E-state index in [9.17, 15) is 19.3 Å². The van der Waals surface area contributed by atoms with Gasteiger partial charge in [-0.15, -0.1) is 11.3 Å². The van der Waals surface area contributed by atoms with E-state index in [0.717, 1.165) is 17.4 Å².